The van der Waals surface area contributed by atoms with Crippen LogP contribution in [0.3, 0.4) is 0 Å². The normalized spacial score (nSPS) is 9.88. The van der Waals surface area contributed by atoms with Gasteiger partial charge in [-0.15, -0.1) is 0 Å². The minimum atomic E-state index is 0.674. The Morgan fingerprint density at radius 1 is 1.44 bits per heavy atom. The molecule has 0 aliphatic heterocycles. The van der Waals surface area contributed by atoms with Crippen molar-refractivity contribution >= 4 is 5.69 Å². The number of aryl methyl sites for hydroxylation is 1. The first-order valence-corrected chi connectivity index (χ1v) is 5.48. The van der Waals surface area contributed by atoms with E-state index in [9.17, 15) is 0 Å². The average Bonchev–Trinajstić information content (AvgIpc) is 2.31. The second-order valence-electron chi connectivity index (χ2n) is 3.66. The average molecular weight is 218 g/mol. The molecule has 0 radical (unpaired) electrons. The van der Waals surface area contributed by atoms with Gasteiger partial charge in [-0.1, -0.05) is 12.1 Å². The van der Waals surface area contributed by atoms with Crippen molar-refractivity contribution in [2.75, 3.05) is 31.7 Å². The predicted octanol–water partition coefficient (Wildman–Crippen LogP) is 2.34. The molecule has 1 rings (SSSR count). The minimum Gasteiger partial charge on any atom is -0.383 e. The highest BCUT2D eigenvalue weighted by Gasteiger charge is 2.11. The summed E-state index contributed by atoms with van der Waals surface area (Å²) in [6.07, 6.45) is 0. The van der Waals surface area contributed by atoms with E-state index in [4.69, 9.17) is 10.00 Å². The van der Waals surface area contributed by atoms with Crippen molar-refractivity contribution in [2.45, 2.75) is 13.8 Å². The van der Waals surface area contributed by atoms with Crippen LogP contribution < -0.4 is 4.90 Å². The van der Waals surface area contributed by atoms with E-state index in [1.165, 1.54) is 0 Å². The van der Waals surface area contributed by atoms with Crippen LogP contribution in [-0.2, 0) is 4.74 Å². The summed E-state index contributed by atoms with van der Waals surface area (Å²) in [5.41, 5.74) is 2.90. The van der Waals surface area contributed by atoms with Gasteiger partial charge in [-0.2, -0.15) is 5.26 Å². The number of nitrogens with zero attached hydrogens (tertiary/aromatic N) is 2. The lowest BCUT2D eigenvalue weighted by Crippen LogP contribution is -2.28. The Morgan fingerprint density at radius 2 is 2.19 bits per heavy atom. The fourth-order valence-corrected chi connectivity index (χ4v) is 1.80. The summed E-state index contributed by atoms with van der Waals surface area (Å²) in [6.45, 7) is 6.48. The summed E-state index contributed by atoms with van der Waals surface area (Å²) in [6, 6.07) is 8.06. The molecule has 86 valence electrons. The molecule has 0 bridgehead atoms. The topological polar surface area (TPSA) is 36.3 Å². The van der Waals surface area contributed by atoms with Crippen LogP contribution in [0, 0.1) is 18.3 Å². The molecule has 0 fully saturated rings. The largest absolute Gasteiger partial charge is 0.383 e. The molecule has 1 aromatic carbocycles. The fraction of sp³-hybridized carbons (Fsp3) is 0.462. The standard InChI is InChI=1S/C13H18N2O/c1-4-15(8-9-16-3)13-11(2)6-5-7-12(13)10-14/h5-7H,4,8-9H2,1-3H3. The van der Waals surface area contributed by atoms with Gasteiger partial charge in [0.05, 0.1) is 17.9 Å². The number of hydrogen-bond donors (Lipinski definition) is 0. The van der Waals surface area contributed by atoms with Gasteiger partial charge >= 0.3 is 0 Å². The smallest absolute Gasteiger partial charge is 0.101 e. The van der Waals surface area contributed by atoms with Crippen molar-refractivity contribution in [1.82, 2.24) is 0 Å². The van der Waals surface area contributed by atoms with Crippen molar-refractivity contribution in [1.29, 1.82) is 5.26 Å². The van der Waals surface area contributed by atoms with E-state index in [-0.39, 0.29) is 0 Å². The van der Waals surface area contributed by atoms with Crippen molar-refractivity contribution in [3.63, 3.8) is 0 Å². The summed E-state index contributed by atoms with van der Waals surface area (Å²) < 4.78 is 5.08. The number of anilines is 1. The lowest BCUT2D eigenvalue weighted by atomic mass is 10.1. The zero-order valence-electron chi connectivity index (χ0n) is 10.2. The van der Waals surface area contributed by atoms with Gasteiger partial charge in [0.1, 0.15) is 6.07 Å². The Morgan fingerprint density at radius 3 is 2.75 bits per heavy atom. The van der Waals surface area contributed by atoms with E-state index in [0.29, 0.717) is 6.61 Å². The van der Waals surface area contributed by atoms with Crippen molar-refractivity contribution in [2.24, 2.45) is 0 Å². The summed E-state index contributed by atoms with van der Waals surface area (Å²) in [5.74, 6) is 0. The fourth-order valence-electron chi connectivity index (χ4n) is 1.80. The monoisotopic (exact) mass is 218 g/mol. The van der Waals surface area contributed by atoms with Crippen LogP contribution in [0.5, 0.6) is 0 Å². The maximum atomic E-state index is 9.10. The number of ether oxygens (including phenoxy) is 1. The number of likely N-dealkylation sites (N-methyl/N-ethyl adjacent to an activating group) is 1. The summed E-state index contributed by atoms with van der Waals surface area (Å²) in [4.78, 5) is 2.18. The molecule has 0 atom stereocenters. The number of para-hydroxylation sites is 1. The molecule has 1 aromatic rings. The van der Waals surface area contributed by atoms with E-state index in [1.54, 1.807) is 7.11 Å². The van der Waals surface area contributed by atoms with Gasteiger partial charge < -0.3 is 9.64 Å². The second kappa shape index (κ2) is 6.14. The third kappa shape index (κ3) is 2.74. The number of rotatable bonds is 5. The number of methoxy groups -OCH3 is 1. The molecule has 0 saturated carbocycles. The molecule has 16 heavy (non-hydrogen) atoms. The van der Waals surface area contributed by atoms with Crippen LogP contribution in [0.4, 0.5) is 5.69 Å². The first kappa shape index (κ1) is 12.5. The number of nitriles is 1. The highest BCUT2D eigenvalue weighted by molar-refractivity contribution is 5.63. The number of benzene rings is 1. The highest BCUT2D eigenvalue weighted by atomic mass is 16.5. The third-order valence-corrected chi connectivity index (χ3v) is 2.62. The Kier molecular flexibility index (Phi) is 4.81. The van der Waals surface area contributed by atoms with Crippen LogP contribution >= 0.6 is 0 Å². The van der Waals surface area contributed by atoms with Crippen LogP contribution in [0.2, 0.25) is 0 Å². The van der Waals surface area contributed by atoms with Crippen molar-refractivity contribution in [3.05, 3.63) is 29.3 Å². The van der Waals surface area contributed by atoms with E-state index in [1.807, 2.05) is 25.1 Å². The van der Waals surface area contributed by atoms with Crippen LogP contribution in [-0.4, -0.2) is 26.8 Å². The van der Waals surface area contributed by atoms with Crippen LogP contribution in [0.15, 0.2) is 18.2 Å². The molecule has 0 aliphatic carbocycles. The Hall–Kier alpha value is -1.53. The molecule has 0 amide bonds. The van der Waals surface area contributed by atoms with E-state index < -0.39 is 0 Å². The first-order valence-electron chi connectivity index (χ1n) is 5.48. The van der Waals surface area contributed by atoms with Gasteiger partial charge in [0.2, 0.25) is 0 Å². The Balaban J connectivity index is 3.03. The van der Waals surface area contributed by atoms with Crippen molar-refractivity contribution < 1.29 is 4.74 Å². The minimum absolute atomic E-state index is 0.674. The van der Waals surface area contributed by atoms with Gasteiger partial charge in [0.15, 0.2) is 0 Å². The molecule has 0 aliphatic rings. The Bertz CT molecular complexity index is 382. The molecule has 3 heteroatoms. The van der Waals surface area contributed by atoms with Crippen LogP contribution in [0.25, 0.3) is 0 Å². The Labute approximate surface area is 97.3 Å². The maximum absolute atomic E-state index is 9.10. The van der Waals surface area contributed by atoms with Gasteiger partial charge in [-0.3, -0.25) is 0 Å². The maximum Gasteiger partial charge on any atom is 0.101 e. The lowest BCUT2D eigenvalue weighted by molar-refractivity contribution is 0.205. The molecule has 0 unspecified atom stereocenters. The molecule has 0 aromatic heterocycles. The zero-order valence-corrected chi connectivity index (χ0v) is 10.2. The SMILES string of the molecule is CCN(CCOC)c1c(C)cccc1C#N. The van der Waals surface area contributed by atoms with Crippen molar-refractivity contribution in [3.8, 4) is 6.07 Å². The molecule has 0 N–H and O–H groups in total. The third-order valence-electron chi connectivity index (χ3n) is 2.62. The first-order chi connectivity index (χ1) is 7.74. The predicted molar refractivity (Wildman–Crippen MR) is 65.7 cm³/mol. The van der Waals surface area contributed by atoms with E-state index >= 15 is 0 Å². The summed E-state index contributed by atoms with van der Waals surface area (Å²) >= 11 is 0. The second-order valence-corrected chi connectivity index (χ2v) is 3.66. The number of hydrogen-bond acceptors (Lipinski definition) is 3. The summed E-state index contributed by atoms with van der Waals surface area (Å²) in [7, 11) is 1.69. The molecular weight excluding hydrogens is 200 g/mol. The van der Waals surface area contributed by atoms with Crippen LogP contribution in [0.1, 0.15) is 18.1 Å². The molecule has 0 saturated heterocycles. The van der Waals surface area contributed by atoms with Gasteiger partial charge in [-0.25, -0.2) is 0 Å². The molecular formula is C13H18N2O. The highest BCUT2D eigenvalue weighted by Crippen LogP contribution is 2.24. The van der Waals surface area contributed by atoms with Gasteiger partial charge in [0.25, 0.3) is 0 Å². The van der Waals surface area contributed by atoms with E-state index in [0.717, 1.165) is 29.9 Å². The molecule has 0 heterocycles. The van der Waals surface area contributed by atoms with Gasteiger partial charge in [-0.05, 0) is 25.5 Å². The zero-order chi connectivity index (χ0) is 12.0. The summed E-state index contributed by atoms with van der Waals surface area (Å²) in [5, 5.41) is 9.10. The van der Waals surface area contributed by atoms with Gasteiger partial charge in [0, 0.05) is 20.2 Å². The molecule has 3 nitrogen and oxygen atoms in total. The molecule has 0 spiro atoms. The lowest BCUT2D eigenvalue weighted by Gasteiger charge is -2.25. The quantitative estimate of drug-likeness (QED) is 0.761. The van der Waals surface area contributed by atoms with E-state index in [2.05, 4.69) is 17.9 Å².